The predicted molar refractivity (Wildman–Crippen MR) is 57.1 cm³/mol. The van der Waals surface area contributed by atoms with Gasteiger partial charge in [0.05, 0.1) is 12.1 Å². The van der Waals surface area contributed by atoms with Gasteiger partial charge in [-0.2, -0.15) is 13.2 Å². The van der Waals surface area contributed by atoms with Crippen molar-refractivity contribution in [3.63, 3.8) is 0 Å². The highest BCUT2D eigenvalue weighted by molar-refractivity contribution is 5.83. The van der Waals surface area contributed by atoms with Crippen molar-refractivity contribution in [2.75, 3.05) is 13.1 Å². The van der Waals surface area contributed by atoms with Gasteiger partial charge in [0.15, 0.2) is 0 Å². The number of rotatable bonds is 6. The second-order valence-electron chi connectivity index (χ2n) is 4.85. The van der Waals surface area contributed by atoms with Crippen molar-refractivity contribution in [2.24, 2.45) is 11.5 Å². The molecule has 1 rings (SSSR count). The molecule has 7 heteroatoms. The van der Waals surface area contributed by atoms with E-state index in [-0.39, 0.29) is 19.0 Å². The lowest BCUT2D eigenvalue weighted by atomic mass is 9.98. The molecule has 1 fully saturated rings. The van der Waals surface area contributed by atoms with Crippen LogP contribution in [0.15, 0.2) is 0 Å². The van der Waals surface area contributed by atoms with E-state index in [0.29, 0.717) is 0 Å². The molecule has 4 N–H and O–H groups in total. The van der Waals surface area contributed by atoms with Gasteiger partial charge in [0.2, 0.25) is 5.91 Å². The molecule has 0 heterocycles. The summed E-state index contributed by atoms with van der Waals surface area (Å²) >= 11 is 0. The van der Waals surface area contributed by atoms with Gasteiger partial charge in [-0.15, -0.1) is 0 Å². The molecule has 1 atom stereocenters. The smallest absolute Gasteiger partial charge is 0.368 e. The number of primary amides is 1. The standard InChI is InChI=1S/C10H18F3N3O/c1-9(15,8(14)17)4-5-16(7-2-3-7)6-10(11,12)13/h7H,2-6,15H2,1H3,(H2,14,17). The number of amides is 1. The minimum Gasteiger partial charge on any atom is -0.368 e. The van der Waals surface area contributed by atoms with Gasteiger partial charge in [0.1, 0.15) is 0 Å². The molecular formula is C10H18F3N3O. The van der Waals surface area contributed by atoms with Gasteiger partial charge in [0, 0.05) is 12.6 Å². The third kappa shape index (κ3) is 4.91. The Kier molecular flexibility index (Phi) is 4.03. The highest BCUT2D eigenvalue weighted by atomic mass is 19.4. The van der Waals surface area contributed by atoms with Crippen LogP contribution in [-0.4, -0.2) is 41.7 Å². The van der Waals surface area contributed by atoms with E-state index < -0.39 is 24.2 Å². The molecule has 0 spiro atoms. The third-order valence-electron chi connectivity index (χ3n) is 2.93. The number of hydrogen-bond acceptors (Lipinski definition) is 3. The van der Waals surface area contributed by atoms with Crippen molar-refractivity contribution >= 4 is 5.91 Å². The Morgan fingerprint density at radius 1 is 1.41 bits per heavy atom. The zero-order valence-electron chi connectivity index (χ0n) is 9.76. The first-order chi connectivity index (χ1) is 7.62. The van der Waals surface area contributed by atoms with E-state index in [1.165, 1.54) is 11.8 Å². The molecular weight excluding hydrogens is 235 g/mol. The van der Waals surface area contributed by atoms with Crippen LogP contribution in [0.1, 0.15) is 26.2 Å². The fourth-order valence-corrected chi connectivity index (χ4v) is 1.56. The van der Waals surface area contributed by atoms with Crippen LogP contribution in [0.5, 0.6) is 0 Å². The monoisotopic (exact) mass is 253 g/mol. The molecule has 1 aliphatic carbocycles. The molecule has 1 unspecified atom stereocenters. The van der Waals surface area contributed by atoms with Crippen molar-refractivity contribution < 1.29 is 18.0 Å². The third-order valence-corrected chi connectivity index (χ3v) is 2.93. The second kappa shape index (κ2) is 4.81. The van der Waals surface area contributed by atoms with Gasteiger partial charge < -0.3 is 11.5 Å². The molecule has 0 aromatic heterocycles. The Labute approximate surface area is 98.1 Å². The van der Waals surface area contributed by atoms with Crippen molar-refractivity contribution in [2.45, 2.75) is 43.9 Å². The molecule has 0 aromatic carbocycles. The van der Waals surface area contributed by atoms with Crippen molar-refractivity contribution in [3.05, 3.63) is 0 Å². The summed E-state index contributed by atoms with van der Waals surface area (Å²) in [5, 5.41) is 0. The first-order valence-electron chi connectivity index (χ1n) is 5.51. The maximum Gasteiger partial charge on any atom is 0.401 e. The Morgan fingerprint density at radius 2 is 1.94 bits per heavy atom. The van der Waals surface area contributed by atoms with Gasteiger partial charge in [-0.3, -0.25) is 9.69 Å². The minimum atomic E-state index is -4.22. The SMILES string of the molecule is CC(N)(CCN(CC(F)(F)F)C1CC1)C(N)=O. The zero-order chi connectivity index (χ0) is 13.3. The van der Waals surface area contributed by atoms with E-state index in [1.807, 2.05) is 0 Å². The van der Waals surface area contributed by atoms with E-state index in [9.17, 15) is 18.0 Å². The Morgan fingerprint density at radius 3 is 2.29 bits per heavy atom. The number of halogens is 3. The van der Waals surface area contributed by atoms with Gasteiger partial charge in [0.25, 0.3) is 0 Å². The zero-order valence-corrected chi connectivity index (χ0v) is 9.76. The summed E-state index contributed by atoms with van der Waals surface area (Å²) in [5.41, 5.74) is 9.43. The van der Waals surface area contributed by atoms with Crippen LogP contribution >= 0.6 is 0 Å². The Bertz CT molecular complexity index is 287. The summed E-state index contributed by atoms with van der Waals surface area (Å²) in [4.78, 5) is 12.3. The summed E-state index contributed by atoms with van der Waals surface area (Å²) in [6.45, 7) is 0.626. The largest absolute Gasteiger partial charge is 0.401 e. The number of nitrogens with two attached hydrogens (primary N) is 2. The summed E-state index contributed by atoms with van der Waals surface area (Å²) < 4.78 is 36.9. The summed E-state index contributed by atoms with van der Waals surface area (Å²) in [7, 11) is 0. The van der Waals surface area contributed by atoms with E-state index in [2.05, 4.69) is 0 Å². The highest BCUT2D eigenvalue weighted by Gasteiger charge is 2.39. The molecule has 1 aliphatic rings. The van der Waals surface area contributed by atoms with E-state index in [0.717, 1.165) is 12.8 Å². The second-order valence-corrected chi connectivity index (χ2v) is 4.85. The molecule has 0 saturated heterocycles. The van der Waals surface area contributed by atoms with Crippen LogP contribution < -0.4 is 11.5 Å². The molecule has 4 nitrogen and oxygen atoms in total. The normalized spacial score (nSPS) is 20.4. The summed E-state index contributed by atoms with van der Waals surface area (Å²) in [6, 6.07) is -0.0275. The lowest BCUT2D eigenvalue weighted by molar-refractivity contribution is -0.147. The molecule has 17 heavy (non-hydrogen) atoms. The summed E-state index contributed by atoms with van der Waals surface area (Å²) in [5.74, 6) is -0.694. The number of hydrogen-bond donors (Lipinski definition) is 2. The molecule has 1 amide bonds. The van der Waals surface area contributed by atoms with E-state index in [1.54, 1.807) is 0 Å². The minimum absolute atomic E-state index is 0.0275. The van der Waals surface area contributed by atoms with Gasteiger partial charge in [-0.05, 0) is 26.2 Å². The molecule has 0 bridgehead atoms. The topological polar surface area (TPSA) is 72.3 Å². The number of carbonyl (C=O) groups is 1. The van der Waals surface area contributed by atoms with Crippen LogP contribution in [0, 0.1) is 0 Å². The fourth-order valence-electron chi connectivity index (χ4n) is 1.56. The van der Waals surface area contributed by atoms with Gasteiger partial charge >= 0.3 is 6.18 Å². The van der Waals surface area contributed by atoms with Crippen molar-refractivity contribution in [3.8, 4) is 0 Å². The average Bonchev–Trinajstić information content (AvgIpc) is 2.93. The lowest BCUT2D eigenvalue weighted by Crippen LogP contribution is -2.51. The Hall–Kier alpha value is -0.820. The van der Waals surface area contributed by atoms with Crippen molar-refractivity contribution in [1.82, 2.24) is 4.90 Å². The Balaban J connectivity index is 2.48. The molecule has 0 radical (unpaired) electrons. The van der Waals surface area contributed by atoms with Crippen LogP contribution in [0.25, 0.3) is 0 Å². The number of alkyl halides is 3. The van der Waals surface area contributed by atoms with Crippen LogP contribution in [0.4, 0.5) is 13.2 Å². The quantitative estimate of drug-likeness (QED) is 0.728. The van der Waals surface area contributed by atoms with Gasteiger partial charge in [-0.25, -0.2) is 0 Å². The average molecular weight is 253 g/mol. The van der Waals surface area contributed by atoms with Gasteiger partial charge in [-0.1, -0.05) is 0 Å². The first-order valence-corrected chi connectivity index (χ1v) is 5.51. The van der Waals surface area contributed by atoms with E-state index in [4.69, 9.17) is 11.5 Å². The maximum atomic E-state index is 12.3. The highest BCUT2D eigenvalue weighted by Crippen LogP contribution is 2.30. The van der Waals surface area contributed by atoms with E-state index >= 15 is 0 Å². The van der Waals surface area contributed by atoms with Crippen LogP contribution in [-0.2, 0) is 4.79 Å². The molecule has 0 aromatic rings. The van der Waals surface area contributed by atoms with Crippen LogP contribution in [0.3, 0.4) is 0 Å². The summed E-state index contributed by atoms with van der Waals surface area (Å²) in [6.07, 6.45) is -2.54. The molecule has 0 aliphatic heterocycles. The number of carbonyl (C=O) groups excluding carboxylic acids is 1. The fraction of sp³-hybridized carbons (Fsp3) is 0.900. The lowest BCUT2D eigenvalue weighted by Gasteiger charge is -2.27. The predicted octanol–water partition coefficient (Wildman–Crippen LogP) is 0.606. The molecule has 100 valence electrons. The first kappa shape index (κ1) is 14.2. The number of nitrogens with zero attached hydrogens (tertiary/aromatic N) is 1. The maximum absolute atomic E-state index is 12.3. The molecule has 1 saturated carbocycles. The van der Waals surface area contributed by atoms with Crippen molar-refractivity contribution in [1.29, 1.82) is 0 Å². The van der Waals surface area contributed by atoms with Crippen LogP contribution in [0.2, 0.25) is 0 Å².